The number of aromatic nitrogens is 5. The van der Waals surface area contributed by atoms with Gasteiger partial charge in [0.25, 0.3) is 5.89 Å². The zero-order chi connectivity index (χ0) is 15.1. The molecule has 0 atom stereocenters. The van der Waals surface area contributed by atoms with Crippen molar-refractivity contribution in [3.05, 3.63) is 35.4 Å². The van der Waals surface area contributed by atoms with Crippen LogP contribution < -0.4 is 0 Å². The second-order valence-corrected chi connectivity index (χ2v) is 3.70. The Labute approximate surface area is 111 Å². The highest BCUT2D eigenvalue weighted by Gasteiger charge is 2.30. The molecule has 6 nitrogen and oxygen atoms in total. The van der Waals surface area contributed by atoms with Crippen LogP contribution >= 0.6 is 0 Å². The zero-order valence-corrected chi connectivity index (χ0v) is 9.66. The van der Waals surface area contributed by atoms with Crippen LogP contribution in [0.25, 0.3) is 23.1 Å². The van der Waals surface area contributed by atoms with E-state index in [-0.39, 0.29) is 11.6 Å². The van der Waals surface area contributed by atoms with Gasteiger partial charge >= 0.3 is 0 Å². The second-order valence-electron chi connectivity index (χ2n) is 3.70. The van der Waals surface area contributed by atoms with Crippen molar-refractivity contribution >= 4 is 0 Å². The van der Waals surface area contributed by atoms with Crippen LogP contribution in [0.15, 0.2) is 10.9 Å². The molecule has 0 aliphatic rings. The van der Waals surface area contributed by atoms with E-state index < -0.39 is 40.5 Å². The Morgan fingerprint density at radius 3 is 2.10 bits per heavy atom. The average Bonchev–Trinajstić information content (AvgIpc) is 3.14. The highest BCUT2D eigenvalue weighted by molar-refractivity contribution is 5.58. The van der Waals surface area contributed by atoms with E-state index in [1.165, 1.54) is 0 Å². The van der Waals surface area contributed by atoms with Crippen molar-refractivity contribution in [3.63, 3.8) is 0 Å². The molecule has 3 aromatic rings. The van der Waals surface area contributed by atoms with Crippen LogP contribution in [0.4, 0.5) is 22.0 Å². The van der Waals surface area contributed by atoms with Crippen molar-refractivity contribution in [2.75, 3.05) is 0 Å². The maximum atomic E-state index is 13.6. The Hall–Kier alpha value is -2.85. The monoisotopic (exact) mass is 303 g/mol. The van der Waals surface area contributed by atoms with Crippen molar-refractivity contribution in [1.82, 2.24) is 25.3 Å². The average molecular weight is 303 g/mol. The molecule has 2 heterocycles. The highest BCUT2D eigenvalue weighted by atomic mass is 19.2. The van der Waals surface area contributed by atoms with Gasteiger partial charge in [-0.05, 0) is 0 Å². The van der Waals surface area contributed by atoms with Crippen LogP contribution in [0.5, 0.6) is 0 Å². The summed E-state index contributed by atoms with van der Waals surface area (Å²) in [6, 6.07) is 0. The minimum absolute atomic E-state index is 0.00567. The van der Waals surface area contributed by atoms with E-state index in [4.69, 9.17) is 0 Å². The maximum absolute atomic E-state index is 13.6. The lowest BCUT2D eigenvalue weighted by Crippen LogP contribution is -2.04. The van der Waals surface area contributed by atoms with Gasteiger partial charge in [0, 0.05) is 0 Å². The Morgan fingerprint density at radius 1 is 0.905 bits per heavy atom. The van der Waals surface area contributed by atoms with E-state index in [1.54, 1.807) is 0 Å². The van der Waals surface area contributed by atoms with E-state index >= 15 is 0 Å². The fraction of sp³-hybridized carbons (Fsp3) is 0. The van der Waals surface area contributed by atoms with Gasteiger partial charge in [-0.3, -0.25) is 5.10 Å². The fourth-order valence-electron chi connectivity index (χ4n) is 1.53. The molecule has 108 valence electrons. The van der Waals surface area contributed by atoms with Crippen LogP contribution in [0.2, 0.25) is 0 Å². The number of aromatic amines is 1. The minimum atomic E-state index is -2.27. The molecule has 3 rings (SSSR count). The lowest BCUT2D eigenvalue weighted by Gasteiger charge is -2.03. The summed E-state index contributed by atoms with van der Waals surface area (Å²) >= 11 is 0. The molecular weight excluding hydrogens is 301 g/mol. The largest absolute Gasteiger partial charge is 0.333 e. The van der Waals surface area contributed by atoms with Crippen LogP contribution in [0.3, 0.4) is 0 Å². The van der Waals surface area contributed by atoms with E-state index in [0.717, 1.165) is 6.33 Å². The summed E-state index contributed by atoms with van der Waals surface area (Å²) in [5.41, 5.74) is -1.32. The number of nitrogens with zero attached hydrogens (tertiary/aromatic N) is 4. The molecule has 2 aromatic heterocycles. The molecular formula is C10H2F5N5O. The predicted octanol–water partition coefficient (Wildman–Crippen LogP) is 2.22. The van der Waals surface area contributed by atoms with Crippen molar-refractivity contribution < 1.29 is 26.5 Å². The van der Waals surface area contributed by atoms with Gasteiger partial charge < -0.3 is 4.52 Å². The SMILES string of the molecule is Fc1c(F)c(F)c(-c2nc(-c3ncn[nH]3)no2)c(F)c1F. The summed E-state index contributed by atoms with van der Waals surface area (Å²) in [5, 5.41) is 9.12. The van der Waals surface area contributed by atoms with Crippen molar-refractivity contribution in [1.29, 1.82) is 0 Å². The molecule has 0 aliphatic carbocycles. The van der Waals surface area contributed by atoms with E-state index in [0.29, 0.717) is 0 Å². The summed E-state index contributed by atoms with van der Waals surface area (Å²) in [5.74, 6) is -11.8. The zero-order valence-electron chi connectivity index (χ0n) is 9.66. The number of nitrogens with one attached hydrogen (secondary N) is 1. The maximum Gasteiger partial charge on any atom is 0.264 e. The third-order valence-corrected chi connectivity index (χ3v) is 2.48. The van der Waals surface area contributed by atoms with Gasteiger partial charge in [0.2, 0.25) is 11.6 Å². The quantitative estimate of drug-likeness (QED) is 0.446. The van der Waals surface area contributed by atoms with Crippen molar-refractivity contribution in [2.24, 2.45) is 0 Å². The van der Waals surface area contributed by atoms with Crippen molar-refractivity contribution in [3.8, 4) is 23.1 Å². The summed E-state index contributed by atoms with van der Waals surface area (Å²) in [6.07, 6.45) is 1.10. The number of benzene rings is 1. The lowest BCUT2D eigenvalue weighted by atomic mass is 10.1. The molecule has 0 saturated heterocycles. The second kappa shape index (κ2) is 4.61. The molecule has 0 bridgehead atoms. The Bertz CT molecular complexity index is 787. The first-order valence-electron chi connectivity index (χ1n) is 5.22. The first-order valence-corrected chi connectivity index (χ1v) is 5.22. The number of halogens is 5. The lowest BCUT2D eigenvalue weighted by molar-refractivity contribution is 0.373. The van der Waals surface area contributed by atoms with E-state index in [9.17, 15) is 22.0 Å². The van der Waals surface area contributed by atoms with Gasteiger partial charge in [-0.15, -0.1) is 0 Å². The van der Waals surface area contributed by atoms with E-state index in [1.807, 2.05) is 0 Å². The molecule has 0 saturated carbocycles. The Balaban J connectivity index is 2.18. The van der Waals surface area contributed by atoms with Crippen LogP contribution in [-0.4, -0.2) is 25.3 Å². The predicted molar refractivity (Wildman–Crippen MR) is 54.9 cm³/mol. The molecule has 1 N–H and O–H groups in total. The minimum Gasteiger partial charge on any atom is -0.333 e. The summed E-state index contributed by atoms with van der Waals surface area (Å²) in [6.45, 7) is 0. The van der Waals surface area contributed by atoms with Gasteiger partial charge in [0.05, 0.1) is 0 Å². The molecule has 0 fully saturated rings. The molecule has 0 amide bonds. The van der Waals surface area contributed by atoms with Crippen molar-refractivity contribution in [2.45, 2.75) is 0 Å². The standard InChI is InChI=1S/C10H2F5N5O/c11-3-2(4(12)6(14)7(15)5(3)13)10-18-9(20-21-10)8-16-1-17-19-8/h1H,(H,16,17,19). The van der Waals surface area contributed by atoms with Gasteiger partial charge in [-0.1, -0.05) is 5.16 Å². The first-order chi connectivity index (χ1) is 10.0. The molecule has 0 radical (unpaired) electrons. The first kappa shape index (κ1) is 13.1. The summed E-state index contributed by atoms with van der Waals surface area (Å²) in [7, 11) is 0. The van der Waals surface area contributed by atoms with Crippen LogP contribution in [0, 0.1) is 29.1 Å². The third-order valence-electron chi connectivity index (χ3n) is 2.48. The number of hydrogen-bond donors (Lipinski definition) is 1. The van der Waals surface area contributed by atoms with Gasteiger partial charge in [0.1, 0.15) is 11.9 Å². The number of rotatable bonds is 2. The molecule has 0 spiro atoms. The number of hydrogen-bond acceptors (Lipinski definition) is 5. The molecule has 11 heteroatoms. The fourth-order valence-corrected chi connectivity index (χ4v) is 1.53. The molecule has 0 aliphatic heterocycles. The molecule has 21 heavy (non-hydrogen) atoms. The Morgan fingerprint density at radius 2 is 1.52 bits per heavy atom. The Kier molecular flexibility index (Phi) is 2.89. The third kappa shape index (κ3) is 1.93. The normalized spacial score (nSPS) is 11.1. The van der Waals surface area contributed by atoms with Gasteiger partial charge in [-0.25, -0.2) is 26.9 Å². The van der Waals surface area contributed by atoms with Crippen LogP contribution in [-0.2, 0) is 0 Å². The van der Waals surface area contributed by atoms with Gasteiger partial charge in [-0.2, -0.15) is 10.1 Å². The summed E-state index contributed by atoms with van der Waals surface area (Å²) in [4.78, 5) is 7.15. The van der Waals surface area contributed by atoms with E-state index in [2.05, 4.69) is 29.8 Å². The molecule has 1 aromatic carbocycles. The highest BCUT2D eigenvalue weighted by Crippen LogP contribution is 2.31. The van der Waals surface area contributed by atoms with Crippen LogP contribution in [0.1, 0.15) is 0 Å². The smallest absolute Gasteiger partial charge is 0.264 e. The molecule has 0 unspecified atom stereocenters. The summed E-state index contributed by atoms with van der Waals surface area (Å²) < 4.78 is 70.7. The number of H-pyrrole nitrogens is 1. The topological polar surface area (TPSA) is 80.5 Å². The van der Waals surface area contributed by atoms with Gasteiger partial charge in [0.15, 0.2) is 29.1 Å².